The van der Waals surface area contributed by atoms with E-state index < -0.39 is 11.8 Å². The molecule has 2 aromatic rings. The number of hydrogen-bond donors (Lipinski definition) is 1. The Hall–Kier alpha value is -1.88. The third kappa shape index (κ3) is 3.12. The first-order valence-electron chi connectivity index (χ1n) is 5.68. The van der Waals surface area contributed by atoms with Gasteiger partial charge in [-0.2, -0.15) is 5.10 Å². The Kier molecular flexibility index (Phi) is 3.85. The molecule has 6 heteroatoms. The summed E-state index contributed by atoms with van der Waals surface area (Å²) < 4.78 is 14.9. The van der Waals surface area contributed by atoms with Gasteiger partial charge in [-0.3, -0.25) is 9.48 Å². The molecule has 1 N–H and O–H groups in total. The average molecular weight is 283 g/mol. The minimum atomic E-state index is -0.887. The predicted molar refractivity (Wildman–Crippen MR) is 69.6 cm³/mol. The van der Waals surface area contributed by atoms with Gasteiger partial charge in [-0.05, 0) is 24.6 Å². The number of carboxylic acid groups (broad SMARTS) is 1. The number of hydrogen-bond acceptors (Lipinski definition) is 2. The van der Waals surface area contributed by atoms with Crippen LogP contribution in [0.15, 0.2) is 30.6 Å². The summed E-state index contributed by atoms with van der Waals surface area (Å²) in [4.78, 5) is 10.6. The van der Waals surface area contributed by atoms with Crippen LogP contribution in [0.5, 0.6) is 0 Å². The summed E-state index contributed by atoms with van der Waals surface area (Å²) in [5.74, 6) is -1.38. The second-order valence-corrected chi connectivity index (χ2v) is 4.69. The van der Waals surface area contributed by atoms with Crippen molar-refractivity contribution < 1.29 is 14.3 Å². The number of carbonyl (C=O) groups is 1. The number of halogens is 2. The molecule has 0 amide bonds. The maximum Gasteiger partial charge on any atom is 0.305 e. The van der Waals surface area contributed by atoms with E-state index in [1.54, 1.807) is 30.1 Å². The molecule has 100 valence electrons. The van der Waals surface area contributed by atoms with E-state index in [0.29, 0.717) is 11.1 Å². The summed E-state index contributed by atoms with van der Waals surface area (Å²) in [6.07, 6.45) is 3.24. The van der Waals surface area contributed by atoms with E-state index in [1.165, 1.54) is 12.1 Å². The van der Waals surface area contributed by atoms with E-state index in [-0.39, 0.29) is 17.5 Å². The van der Waals surface area contributed by atoms with Crippen LogP contribution >= 0.6 is 11.6 Å². The second kappa shape index (κ2) is 5.40. The summed E-state index contributed by atoms with van der Waals surface area (Å²) in [5.41, 5.74) is 1.36. The lowest BCUT2D eigenvalue weighted by Gasteiger charge is -2.08. The number of rotatable bonds is 4. The van der Waals surface area contributed by atoms with Crippen molar-refractivity contribution in [2.45, 2.75) is 19.4 Å². The van der Waals surface area contributed by atoms with Crippen LogP contribution in [0.4, 0.5) is 4.39 Å². The fraction of sp³-hybridized carbons (Fsp3) is 0.231. The zero-order valence-corrected chi connectivity index (χ0v) is 10.9. The highest BCUT2D eigenvalue weighted by atomic mass is 35.5. The molecule has 1 atom stereocenters. The van der Waals surface area contributed by atoms with Crippen molar-refractivity contribution >= 4 is 17.6 Å². The zero-order valence-electron chi connectivity index (χ0n) is 10.2. The Balaban J connectivity index is 2.25. The van der Waals surface area contributed by atoms with Crippen LogP contribution in [0.2, 0.25) is 5.02 Å². The molecule has 4 nitrogen and oxygen atoms in total. The van der Waals surface area contributed by atoms with Gasteiger partial charge in [0.1, 0.15) is 5.82 Å². The first-order chi connectivity index (χ1) is 8.97. The SMILES string of the molecule is CC(CC(=O)O)n1cc(-c2ccc(Cl)c(F)c2)cn1. The first-order valence-corrected chi connectivity index (χ1v) is 6.06. The van der Waals surface area contributed by atoms with Gasteiger partial charge in [-0.15, -0.1) is 0 Å². The number of nitrogens with zero attached hydrogens (tertiary/aromatic N) is 2. The van der Waals surface area contributed by atoms with Crippen molar-refractivity contribution in [2.75, 3.05) is 0 Å². The standard InChI is InChI=1S/C13H12ClFN2O2/c1-8(4-13(18)19)17-7-10(6-16-17)9-2-3-11(14)12(15)5-9/h2-3,5-8H,4H2,1H3,(H,18,19). The molecule has 1 heterocycles. The molecule has 0 saturated carbocycles. The number of benzene rings is 1. The molecule has 1 aromatic carbocycles. The molecule has 1 unspecified atom stereocenters. The van der Waals surface area contributed by atoms with Gasteiger partial charge in [0.15, 0.2) is 0 Å². The molecule has 2 rings (SSSR count). The van der Waals surface area contributed by atoms with E-state index in [2.05, 4.69) is 5.10 Å². The van der Waals surface area contributed by atoms with Gasteiger partial charge in [0.2, 0.25) is 0 Å². The third-order valence-electron chi connectivity index (χ3n) is 2.78. The molecular formula is C13H12ClFN2O2. The fourth-order valence-corrected chi connectivity index (χ4v) is 1.87. The normalized spacial score (nSPS) is 12.4. The highest BCUT2D eigenvalue weighted by molar-refractivity contribution is 6.30. The molecule has 19 heavy (non-hydrogen) atoms. The molecule has 0 aliphatic rings. The van der Waals surface area contributed by atoms with Crippen LogP contribution in [0.25, 0.3) is 11.1 Å². The maximum absolute atomic E-state index is 13.4. The summed E-state index contributed by atoms with van der Waals surface area (Å²) >= 11 is 5.62. The van der Waals surface area contributed by atoms with Crippen LogP contribution in [0, 0.1) is 5.82 Å². The van der Waals surface area contributed by atoms with Gasteiger partial charge in [-0.1, -0.05) is 17.7 Å². The van der Waals surface area contributed by atoms with Crippen LogP contribution in [0.3, 0.4) is 0 Å². The van der Waals surface area contributed by atoms with E-state index in [9.17, 15) is 9.18 Å². The largest absolute Gasteiger partial charge is 0.481 e. The van der Waals surface area contributed by atoms with Crippen LogP contribution in [-0.4, -0.2) is 20.9 Å². The number of aromatic nitrogens is 2. The van der Waals surface area contributed by atoms with E-state index in [1.807, 2.05) is 0 Å². The van der Waals surface area contributed by atoms with Gasteiger partial charge < -0.3 is 5.11 Å². The lowest BCUT2D eigenvalue weighted by Crippen LogP contribution is -2.10. The van der Waals surface area contributed by atoms with Gasteiger partial charge in [0.25, 0.3) is 0 Å². The Morgan fingerprint density at radius 2 is 2.26 bits per heavy atom. The van der Waals surface area contributed by atoms with Crippen molar-refractivity contribution in [3.63, 3.8) is 0 Å². The highest BCUT2D eigenvalue weighted by Gasteiger charge is 2.12. The van der Waals surface area contributed by atoms with E-state index in [0.717, 1.165) is 0 Å². The summed E-state index contributed by atoms with van der Waals surface area (Å²) in [7, 11) is 0. The molecule has 0 radical (unpaired) electrons. The molecule has 0 saturated heterocycles. The fourth-order valence-electron chi connectivity index (χ4n) is 1.75. The van der Waals surface area contributed by atoms with Crippen molar-refractivity contribution in [1.29, 1.82) is 0 Å². The van der Waals surface area contributed by atoms with E-state index in [4.69, 9.17) is 16.7 Å². The smallest absolute Gasteiger partial charge is 0.305 e. The Morgan fingerprint density at radius 1 is 1.53 bits per heavy atom. The molecule has 0 aliphatic carbocycles. The number of aliphatic carboxylic acids is 1. The maximum atomic E-state index is 13.4. The van der Waals surface area contributed by atoms with Crippen LogP contribution in [0.1, 0.15) is 19.4 Å². The molecule has 0 fully saturated rings. The van der Waals surface area contributed by atoms with Crippen molar-refractivity contribution in [3.8, 4) is 11.1 Å². The first kappa shape index (κ1) is 13.5. The minimum absolute atomic E-state index is 0.0178. The van der Waals surface area contributed by atoms with E-state index >= 15 is 0 Å². The zero-order chi connectivity index (χ0) is 14.0. The number of carboxylic acids is 1. The molecular weight excluding hydrogens is 271 g/mol. The lowest BCUT2D eigenvalue weighted by atomic mass is 10.1. The minimum Gasteiger partial charge on any atom is -0.481 e. The van der Waals surface area contributed by atoms with Crippen molar-refractivity contribution in [3.05, 3.63) is 41.4 Å². The second-order valence-electron chi connectivity index (χ2n) is 4.28. The summed E-state index contributed by atoms with van der Waals surface area (Å²) in [6.45, 7) is 1.76. The third-order valence-corrected chi connectivity index (χ3v) is 3.08. The Labute approximate surface area is 114 Å². The molecule has 1 aromatic heterocycles. The van der Waals surface area contributed by atoms with Gasteiger partial charge in [0.05, 0.1) is 23.7 Å². The topological polar surface area (TPSA) is 55.1 Å². The van der Waals surface area contributed by atoms with Gasteiger partial charge >= 0.3 is 5.97 Å². The van der Waals surface area contributed by atoms with Crippen molar-refractivity contribution in [1.82, 2.24) is 9.78 Å². The quantitative estimate of drug-likeness (QED) is 0.935. The highest BCUT2D eigenvalue weighted by Crippen LogP contribution is 2.24. The summed E-state index contributed by atoms with van der Waals surface area (Å²) in [6, 6.07) is 4.23. The lowest BCUT2D eigenvalue weighted by molar-refractivity contribution is -0.137. The van der Waals surface area contributed by atoms with Crippen LogP contribution in [-0.2, 0) is 4.79 Å². The average Bonchev–Trinajstić information content (AvgIpc) is 2.81. The summed E-state index contributed by atoms with van der Waals surface area (Å²) in [5, 5.41) is 12.9. The Bertz CT molecular complexity index is 612. The predicted octanol–water partition coefficient (Wildman–Crippen LogP) is 3.38. The molecule has 0 spiro atoms. The Morgan fingerprint density at radius 3 is 2.89 bits per heavy atom. The van der Waals surface area contributed by atoms with Gasteiger partial charge in [0, 0.05) is 11.8 Å². The van der Waals surface area contributed by atoms with Crippen LogP contribution < -0.4 is 0 Å². The van der Waals surface area contributed by atoms with Crippen molar-refractivity contribution in [2.24, 2.45) is 0 Å². The van der Waals surface area contributed by atoms with Gasteiger partial charge in [-0.25, -0.2) is 4.39 Å². The molecule has 0 aliphatic heterocycles. The monoisotopic (exact) mass is 282 g/mol. The molecule has 0 bridgehead atoms.